The van der Waals surface area contributed by atoms with Crippen molar-refractivity contribution in [1.82, 2.24) is 15.2 Å². The van der Waals surface area contributed by atoms with Crippen LogP contribution in [0.1, 0.15) is 20.7 Å². The molecule has 0 radical (unpaired) electrons. The van der Waals surface area contributed by atoms with Gasteiger partial charge in [0.1, 0.15) is 0 Å². The molecule has 0 spiro atoms. The molecule has 25 heavy (non-hydrogen) atoms. The molecule has 10 nitrogen and oxygen atoms in total. The van der Waals surface area contributed by atoms with E-state index in [1.807, 2.05) is 0 Å². The van der Waals surface area contributed by atoms with Crippen LogP contribution in [0.2, 0.25) is 0 Å². The van der Waals surface area contributed by atoms with Crippen molar-refractivity contribution in [3.8, 4) is 0 Å². The number of rotatable bonds is 6. The molecule has 0 saturated carbocycles. The van der Waals surface area contributed by atoms with Gasteiger partial charge in [-0.25, -0.2) is 14.7 Å². The SMILES string of the molecule is COC(=O)c1cc(NC(=O)CSc2n[nH]c(N)n2)cc(C(=O)OC)c1. The summed E-state index contributed by atoms with van der Waals surface area (Å²) in [7, 11) is 2.43. The summed E-state index contributed by atoms with van der Waals surface area (Å²) in [6, 6.07) is 4.11. The molecule has 2 rings (SSSR count). The monoisotopic (exact) mass is 365 g/mol. The molecule has 2 aromatic rings. The number of nitrogens with two attached hydrogens (primary N) is 1. The van der Waals surface area contributed by atoms with Gasteiger partial charge in [0.25, 0.3) is 0 Å². The number of methoxy groups -OCH3 is 2. The maximum absolute atomic E-state index is 12.0. The first-order valence-corrected chi connectivity index (χ1v) is 7.83. The van der Waals surface area contributed by atoms with E-state index in [0.29, 0.717) is 5.16 Å². The molecule has 0 aliphatic rings. The Balaban J connectivity index is 2.12. The second kappa shape index (κ2) is 8.15. The number of amides is 1. The van der Waals surface area contributed by atoms with Gasteiger partial charge < -0.3 is 20.5 Å². The number of nitrogens with zero attached hydrogens (tertiary/aromatic N) is 2. The first kappa shape index (κ1) is 18.3. The molecule has 1 heterocycles. The van der Waals surface area contributed by atoms with Gasteiger partial charge in [0.15, 0.2) is 0 Å². The van der Waals surface area contributed by atoms with Gasteiger partial charge in [-0.15, -0.1) is 5.10 Å². The summed E-state index contributed by atoms with van der Waals surface area (Å²) in [5.74, 6) is -1.52. The van der Waals surface area contributed by atoms with Gasteiger partial charge in [0.2, 0.25) is 17.0 Å². The van der Waals surface area contributed by atoms with E-state index in [4.69, 9.17) is 5.73 Å². The van der Waals surface area contributed by atoms with Gasteiger partial charge in [0, 0.05) is 5.69 Å². The third-order valence-corrected chi connectivity index (χ3v) is 3.72. The van der Waals surface area contributed by atoms with Crippen LogP contribution in [-0.4, -0.2) is 53.0 Å². The molecule has 11 heteroatoms. The Morgan fingerprint density at radius 1 is 1.16 bits per heavy atom. The number of aromatic nitrogens is 3. The molecule has 0 saturated heterocycles. The van der Waals surface area contributed by atoms with Gasteiger partial charge in [-0.2, -0.15) is 4.98 Å². The van der Waals surface area contributed by atoms with E-state index in [1.165, 1.54) is 32.4 Å². The number of anilines is 2. The van der Waals surface area contributed by atoms with Crippen molar-refractivity contribution in [2.45, 2.75) is 5.16 Å². The fourth-order valence-corrected chi connectivity index (χ4v) is 2.43. The van der Waals surface area contributed by atoms with E-state index in [0.717, 1.165) is 11.8 Å². The summed E-state index contributed by atoms with van der Waals surface area (Å²) in [6.45, 7) is 0. The largest absolute Gasteiger partial charge is 0.465 e. The lowest BCUT2D eigenvalue weighted by molar-refractivity contribution is -0.113. The second-order valence-corrected chi connectivity index (χ2v) is 5.56. The van der Waals surface area contributed by atoms with Crippen LogP contribution in [0.5, 0.6) is 0 Å². The van der Waals surface area contributed by atoms with Gasteiger partial charge in [0.05, 0.1) is 31.1 Å². The standard InChI is InChI=1S/C14H15N5O5S/c1-23-11(21)7-3-8(12(22)24-2)5-9(4-7)16-10(20)6-25-14-17-13(15)18-19-14/h3-5H,6H2,1-2H3,(H,16,20)(H3,15,17,18,19). The van der Waals surface area contributed by atoms with Crippen LogP contribution < -0.4 is 11.1 Å². The van der Waals surface area contributed by atoms with Crippen molar-refractivity contribution in [2.75, 3.05) is 31.0 Å². The minimum Gasteiger partial charge on any atom is -0.465 e. The number of ether oxygens (including phenoxy) is 2. The lowest BCUT2D eigenvalue weighted by atomic mass is 10.1. The Labute approximate surface area is 146 Å². The molecular weight excluding hydrogens is 350 g/mol. The Hall–Kier alpha value is -3.08. The summed E-state index contributed by atoms with van der Waals surface area (Å²) in [4.78, 5) is 39.3. The molecule has 1 aromatic carbocycles. The number of hydrogen-bond acceptors (Lipinski definition) is 9. The zero-order chi connectivity index (χ0) is 18.4. The van der Waals surface area contributed by atoms with E-state index in [-0.39, 0.29) is 34.4 Å². The average Bonchev–Trinajstić information content (AvgIpc) is 3.03. The van der Waals surface area contributed by atoms with Crippen molar-refractivity contribution in [2.24, 2.45) is 0 Å². The predicted octanol–water partition coefficient (Wildman–Crippen LogP) is 0.691. The molecule has 0 unspecified atom stereocenters. The molecule has 0 atom stereocenters. The van der Waals surface area contributed by atoms with E-state index in [2.05, 4.69) is 30.0 Å². The highest BCUT2D eigenvalue weighted by molar-refractivity contribution is 7.99. The quantitative estimate of drug-likeness (QED) is 0.496. The number of nitrogen functional groups attached to an aromatic ring is 1. The lowest BCUT2D eigenvalue weighted by Gasteiger charge is -2.09. The fourth-order valence-electron chi connectivity index (χ4n) is 1.82. The number of carbonyl (C=O) groups is 3. The van der Waals surface area contributed by atoms with Crippen LogP contribution in [-0.2, 0) is 14.3 Å². The lowest BCUT2D eigenvalue weighted by Crippen LogP contribution is -2.16. The van der Waals surface area contributed by atoms with E-state index in [9.17, 15) is 14.4 Å². The minimum atomic E-state index is -0.646. The van der Waals surface area contributed by atoms with Crippen molar-refractivity contribution in [1.29, 1.82) is 0 Å². The van der Waals surface area contributed by atoms with E-state index >= 15 is 0 Å². The molecule has 0 bridgehead atoms. The Morgan fingerprint density at radius 3 is 2.24 bits per heavy atom. The highest BCUT2D eigenvalue weighted by Crippen LogP contribution is 2.18. The van der Waals surface area contributed by atoms with E-state index in [1.54, 1.807) is 0 Å². The molecule has 1 aromatic heterocycles. The summed E-state index contributed by atoms with van der Waals surface area (Å²) in [5, 5.41) is 9.16. The molecule has 132 valence electrons. The van der Waals surface area contributed by atoms with Gasteiger partial charge in [-0.05, 0) is 18.2 Å². The number of carbonyl (C=O) groups excluding carboxylic acids is 3. The highest BCUT2D eigenvalue weighted by Gasteiger charge is 2.15. The first-order chi connectivity index (χ1) is 11.9. The van der Waals surface area contributed by atoms with Crippen LogP contribution in [0, 0.1) is 0 Å². The number of thioether (sulfide) groups is 1. The number of hydrogen-bond donors (Lipinski definition) is 3. The van der Waals surface area contributed by atoms with Crippen LogP contribution in [0.3, 0.4) is 0 Å². The zero-order valence-electron chi connectivity index (χ0n) is 13.4. The molecule has 0 fully saturated rings. The maximum Gasteiger partial charge on any atom is 0.337 e. The maximum atomic E-state index is 12.0. The molecule has 1 amide bonds. The number of nitrogens with one attached hydrogen (secondary N) is 2. The minimum absolute atomic E-state index is 0.00724. The van der Waals surface area contributed by atoms with Crippen molar-refractivity contribution in [3.05, 3.63) is 29.3 Å². The molecule has 4 N–H and O–H groups in total. The third kappa shape index (κ3) is 4.94. The normalized spacial score (nSPS) is 10.2. The van der Waals surface area contributed by atoms with Gasteiger partial charge in [-0.3, -0.25) is 4.79 Å². The summed E-state index contributed by atoms with van der Waals surface area (Å²) < 4.78 is 9.27. The topological polar surface area (TPSA) is 149 Å². The van der Waals surface area contributed by atoms with Gasteiger partial charge in [-0.1, -0.05) is 11.8 Å². The number of H-pyrrole nitrogens is 1. The molecule has 0 aliphatic heterocycles. The van der Waals surface area contributed by atoms with Crippen molar-refractivity contribution < 1.29 is 23.9 Å². The van der Waals surface area contributed by atoms with Crippen molar-refractivity contribution >= 4 is 41.2 Å². The first-order valence-electron chi connectivity index (χ1n) is 6.85. The van der Waals surface area contributed by atoms with Gasteiger partial charge >= 0.3 is 11.9 Å². The molecule has 0 aliphatic carbocycles. The zero-order valence-corrected chi connectivity index (χ0v) is 14.2. The average molecular weight is 365 g/mol. The summed E-state index contributed by atoms with van der Waals surface area (Å²) in [6.07, 6.45) is 0. The Kier molecular flexibility index (Phi) is 5.95. The number of esters is 2. The Bertz CT molecular complexity index is 772. The summed E-state index contributed by atoms with van der Waals surface area (Å²) in [5.41, 5.74) is 5.86. The number of aromatic amines is 1. The van der Waals surface area contributed by atoms with Crippen LogP contribution >= 0.6 is 11.8 Å². The second-order valence-electron chi connectivity index (χ2n) is 4.62. The third-order valence-electron chi connectivity index (χ3n) is 2.87. The van der Waals surface area contributed by atoms with Crippen molar-refractivity contribution in [3.63, 3.8) is 0 Å². The van der Waals surface area contributed by atoms with E-state index < -0.39 is 11.9 Å². The smallest absolute Gasteiger partial charge is 0.337 e. The molecular formula is C14H15N5O5S. The Morgan fingerprint density at radius 2 is 1.76 bits per heavy atom. The fraction of sp³-hybridized carbons (Fsp3) is 0.214. The van der Waals surface area contributed by atoms with Crippen LogP contribution in [0.4, 0.5) is 11.6 Å². The van der Waals surface area contributed by atoms with Crippen LogP contribution in [0.25, 0.3) is 0 Å². The predicted molar refractivity (Wildman–Crippen MR) is 89.3 cm³/mol. The number of benzene rings is 1. The highest BCUT2D eigenvalue weighted by atomic mass is 32.2. The summed E-state index contributed by atoms with van der Waals surface area (Å²) >= 11 is 1.07. The van der Waals surface area contributed by atoms with Crippen LogP contribution in [0.15, 0.2) is 23.4 Å².